The molecule has 1 heterocycles. The predicted molar refractivity (Wildman–Crippen MR) is 80.4 cm³/mol. The molecule has 19 heavy (non-hydrogen) atoms. The summed E-state index contributed by atoms with van der Waals surface area (Å²) >= 11 is 0. The van der Waals surface area contributed by atoms with E-state index in [1.165, 1.54) is 45.1 Å². The molecule has 2 heteroatoms. The molecule has 2 atom stereocenters. The van der Waals surface area contributed by atoms with Gasteiger partial charge in [0.2, 0.25) is 0 Å². The number of rotatable bonds is 3. The fourth-order valence-electron chi connectivity index (χ4n) is 3.65. The Morgan fingerprint density at radius 1 is 1.16 bits per heavy atom. The second-order valence-corrected chi connectivity index (χ2v) is 6.18. The van der Waals surface area contributed by atoms with Gasteiger partial charge in [-0.15, -0.1) is 0 Å². The van der Waals surface area contributed by atoms with Gasteiger partial charge in [-0.3, -0.25) is 0 Å². The van der Waals surface area contributed by atoms with E-state index in [1.807, 2.05) is 0 Å². The Labute approximate surface area is 117 Å². The number of fused-ring (bicyclic) bond motifs is 1. The van der Waals surface area contributed by atoms with Crippen LogP contribution in [0, 0.1) is 0 Å². The molecular formula is C17H26N2. The molecule has 0 aromatic heterocycles. The molecule has 0 bridgehead atoms. The van der Waals surface area contributed by atoms with E-state index in [0.717, 1.165) is 12.6 Å². The van der Waals surface area contributed by atoms with Crippen molar-refractivity contribution >= 4 is 0 Å². The number of piperidine rings is 1. The maximum absolute atomic E-state index is 3.84. The van der Waals surface area contributed by atoms with E-state index in [4.69, 9.17) is 0 Å². The molecule has 104 valence electrons. The maximum Gasteiger partial charge on any atom is 0.0323 e. The van der Waals surface area contributed by atoms with E-state index in [-0.39, 0.29) is 0 Å². The summed E-state index contributed by atoms with van der Waals surface area (Å²) in [6.07, 6.45) is 8.02. The van der Waals surface area contributed by atoms with Gasteiger partial charge in [0.25, 0.3) is 0 Å². The summed E-state index contributed by atoms with van der Waals surface area (Å²) in [5.41, 5.74) is 3.11. The van der Waals surface area contributed by atoms with Crippen LogP contribution in [0.15, 0.2) is 24.3 Å². The maximum atomic E-state index is 3.84. The number of likely N-dealkylation sites (tertiary alicyclic amines) is 1. The van der Waals surface area contributed by atoms with Gasteiger partial charge in [0, 0.05) is 18.6 Å². The molecule has 0 amide bonds. The zero-order valence-electron chi connectivity index (χ0n) is 12.1. The second kappa shape index (κ2) is 6.06. The van der Waals surface area contributed by atoms with Crippen LogP contribution >= 0.6 is 0 Å². The monoisotopic (exact) mass is 258 g/mol. The van der Waals surface area contributed by atoms with E-state index < -0.39 is 0 Å². The first-order valence-electron chi connectivity index (χ1n) is 7.86. The molecule has 0 saturated carbocycles. The Balaban J connectivity index is 1.61. The SMILES string of the molecule is CN1CCCCC1CNC1CCCc2ccccc21. The highest BCUT2D eigenvalue weighted by Gasteiger charge is 2.23. The van der Waals surface area contributed by atoms with Gasteiger partial charge in [-0.1, -0.05) is 30.7 Å². The molecule has 1 aliphatic carbocycles. The molecule has 2 nitrogen and oxygen atoms in total. The first kappa shape index (κ1) is 13.1. The molecular weight excluding hydrogens is 232 g/mol. The number of benzene rings is 1. The van der Waals surface area contributed by atoms with Gasteiger partial charge < -0.3 is 10.2 Å². The molecule has 1 saturated heterocycles. The molecule has 1 fully saturated rings. The van der Waals surface area contributed by atoms with Crippen LogP contribution in [-0.2, 0) is 6.42 Å². The smallest absolute Gasteiger partial charge is 0.0323 e. The summed E-state index contributed by atoms with van der Waals surface area (Å²) in [4.78, 5) is 2.53. The van der Waals surface area contributed by atoms with Gasteiger partial charge in [-0.25, -0.2) is 0 Å². The first-order chi connectivity index (χ1) is 9.34. The van der Waals surface area contributed by atoms with Crippen molar-refractivity contribution < 1.29 is 0 Å². The molecule has 0 radical (unpaired) electrons. The summed E-state index contributed by atoms with van der Waals surface area (Å²) in [5.74, 6) is 0. The van der Waals surface area contributed by atoms with Crippen molar-refractivity contribution in [1.29, 1.82) is 0 Å². The highest BCUT2D eigenvalue weighted by molar-refractivity contribution is 5.32. The van der Waals surface area contributed by atoms with Gasteiger partial charge in [-0.2, -0.15) is 0 Å². The van der Waals surface area contributed by atoms with E-state index in [1.54, 1.807) is 11.1 Å². The fourth-order valence-corrected chi connectivity index (χ4v) is 3.65. The summed E-state index contributed by atoms with van der Waals surface area (Å²) in [6.45, 7) is 2.42. The molecule has 2 unspecified atom stereocenters. The lowest BCUT2D eigenvalue weighted by Crippen LogP contribution is -2.44. The zero-order valence-corrected chi connectivity index (χ0v) is 12.1. The number of hydrogen-bond donors (Lipinski definition) is 1. The van der Waals surface area contributed by atoms with Crippen molar-refractivity contribution in [3.63, 3.8) is 0 Å². The third kappa shape index (κ3) is 3.01. The Morgan fingerprint density at radius 2 is 2.05 bits per heavy atom. The van der Waals surface area contributed by atoms with Crippen LogP contribution in [0.25, 0.3) is 0 Å². The van der Waals surface area contributed by atoms with Crippen LogP contribution in [0.1, 0.15) is 49.3 Å². The Kier molecular flexibility index (Phi) is 4.19. The number of nitrogens with zero attached hydrogens (tertiary/aromatic N) is 1. The fraction of sp³-hybridized carbons (Fsp3) is 0.647. The molecule has 1 N–H and O–H groups in total. The number of aryl methyl sites for hydroxylation is 1. The minimum Gasteiger partial charge on any atom is -0.308 e. The summed E-state index contributed by atoms with van der Waals surface area (Å²) in [5, 5.41) is 3.84. The van der Waals surface area contributed by atoms with Crippen LogP contribution in [-0.4, -0.2) is 31.1 Å². The molecule has 1 aromatic rings. The lowest BCUT2D eigenvalue weighted by molar-refractivity contribution is 0.176. The predicted octanol–water partition coefficient (Wildman–Crippen LogP) is 3.14. The van der Waals surface area contributed by atoms with Crippen molar-refractivity contribution in [3.8, 4) is 0 Å². The quantitative estimate of drug-likeness (QED) is 0.896. The minimum absolute atomic E-state index is 0.584. The molecule has 3 rings (SSSR count). The van der Waals surface area contributed by atoms with E-state index in [9.17, 15) is 0 Å². The average molecular weight is 258 g/mol. The third-order valence-corrected chi connectivity index (χ3v) is 4.89. The molecule has 1 aliphatic heterocycles. The Morgan fingerprint density at radius 3 is 2.95 bits per heavy atom. The standard InChI is InChI=1S/C17H26N2/c1-19-12-5-4-9-15(19)13-18-17-11-6-8-14-7-2-3-10-16(14)17/h2-3,7,10,15,17-18H,4-6,8-9,11-13H2,1H3. The molecule has 2 aliphatic rings. The van der Waals surface area contributed by atoms with Crippen molar-refractivity contribution in [1.82, 2.24) is 10.2 Å². The first-order valence-corrected chi connectivity index (χ1v) is 7.86. The third-order valence-electron chi connectivity index (χ3n) is 4.89. The Hall–Kier alpha value is -0.860. The average Bonchev–Trinajstić information content (AvgIpc) is 2.46. The zero-order chi connectivity index (χ0) is 13.1. The molecule has 0 spiro atoms. The highest BCUT2D eigenvalue weighted by Crippen LogP contribution is 2.29. The van der Waals surface area contributed by atoms with Crippen molar-refractivity contribution in [3.05, 3.63) is 35.4 Å². The topological polar surface area (TPSA) is 15.3 Å². The number of nitrogens with one attached hydrogen (secondary N) is 1. The van der Waals surface area contributed by atoms with Crippen LogP contribution in [0.3, 0.4) is 0 Å². The van der Waals surface area contributed by atoms with Crippen LogP contribution in [0.5, 0.6) is 0 Å². The Bertz CT molecular complexity index is 415. The van der Waals surface area contributed by atoms with Crippen molar-refractivity contribution in [2.24, 2.45) is 0 Å². The summed E-state index contributed by atoms with van der Waals surface area (Å²) in [7, 11) is 2.28. The second-order valence-electron chi connectivity index (χ2n) is 6.18. The van der Waals surface area contributed by atoms with Crippen molar-refractivity contribution in [2.75, 3.05) is 20.1 Å². The van der Waals surface area contributed by atoms with Crippen LogP contribution in [0.4, 0.5) is 0 Å². The van der Waals surface area contributed by atoms with E-state index >= 15 is 0 Å². The lowest BCUT2D eigenvalue weighted by Gasteiger charge is -2.35. The van der Waals surface area contributed by atoms with E-state index in [0.29, 0.717) is 6.04 Å². The van der Waals surface area contributed by atoms with Crippen LogP contribution < -0.4 is 5.32 Å². The van der Waals surface area contributed by atoms with Gasteiger partial charge >= 0.3 is 0 Å². The van der Waals surface area contributed by atoms with Crippen molar-refractivity contribution in [2.45, 2.75) is 50.6 Å². The molecule has 1 aromatic carbocycles. The lowest BCUT2D eigenvalue weighted by atomic mass is 9.87. The number of likely N-dealkylation sites (N-methyl/N-ethyl adjacent to an activating group) is 1. The van der Waals surface area contributed by atoms with Gasteiger partial charge in [0.05, 0.1) is 0 Å². The van der Waals surface area contributed by atoms with Gasteiger partial charge in [-0.05, 0) is 56.8 Å². The summed E-state index contributed by atoms with van der Waals surface area (Å²) in [6, 6.07) is 10.3. The van der Waals surface area contributed by atoms with Gasteiger partial charge in [0.15, 0.2) is 0 Å². The highest BCUT2D eigenvalue weighted by atomic mass is 15.2. The van der Waals surface area contributed by atoms with E-state index in [2.05, 4.69) is 41.5 Å². The summed E-state index contributed by atoms with van der Waals surface area (Å²) < 4.78 is 0. The minimum atomic E-state index is 0.584. The van der Waals surface area contributed by atoms with Gasteiger partial charge in [0.1, 0.15) is 0 Å². The van der Waals surface area contributed by atoms with Crippen LogP contribution in [0.2, 0.25) is 0 Å². The number of hydrogen-bond acceptors (Lipinski definition) is 2. The normalized spacial score (nSPS) is 28.1. The largest absolute Gasteiger partial charge is 0.308 e.